The normalized spacial score (nSPS) is 19.5. The summed E-state index contributed by atoms with van der Waals surface area (Å²) in [5, 5.41) is 15.4. The van der Waals surface area contributed by atoms with Gasteiger partial charge in [-0.2, -0.15) is 0 Å². The maximum Gasteiger partial charge on any atom is 0.319 e. The minimum Gasteiger partial charge on any atom is -0.488 e. The quantitative estimate of drug-likeness (QED) is 0.484. The zero-order valence-corrected chi connectivity index (χ0v) is 22.7. The van der Waals surface area contributed by atoms with Crippen LogP contribution in [-0.2, 0) is 6.54 Å². The average molecular weight is 527 g/mol. The van der Waals surface area contributed by atoms with E-state index in [1.54, 1.807) is 23.1 Å². The molecular weight excluding hydrogens is 488 g/mol. The van der Waals surface area contributed by atoms with Crippen LogP contribution in [0, 0.1) is 5.92 Å². The lowest BCUT2D eigenvalue weighted by Crippen LogP contribution is -2.49. The van der Waals surface area contributed by atoms with Crippen LogP contribution >= 0.6 is 0 Å². The SMILES string of the molecule is CC(C)NC(=O)Nc1ccc2c(c1)C(=O)N([C@@H](C)CO)C[C@@H](C)[C@H](CN(C)Cc1ccc3c(c1)OCO3)O2. The predicted molar refractivity (Wildman–Crippen MR) is 144 cm³/mol. The molecule has 10 heteroatoms. The third-order valence-corrected chi connectivity index (χ3v) is 6.72. The number of nitrogens with zero attached hydrogens (tertiary/aromatic N) is 2. The molecule has 3 N–H and O–H groups in total. The molecule has 2 aromatic rings. The van der Waals surface area contributed by atoms with Crippen molar-refractivity contribution in [3.05, 3.63) is 47.5 Å². The summed E-state index contributed by atoms with van der Waals surface area (Å²) in [5.74, 6) is 1.71. The first-order chi connectivity index (χ1) is 18.1. The van der Waals surface area contributed by atoms with Crippen LogP contribution in [0.2, 0.25) is 0 Å². The van der Waals surface area contributed by atoms with Crippen molar-refractivity contribution < 1.29 is 28.9 Å². The first kappa shape index (κ1) is 27.5. The number of hydrogen-bond acceptors (Lipinski definition) is 7. The lowest BCUT2D eigenvalue weighted by atomic mass is 9.99. The van der Waals surface area contributed by atoms with Gasteiger partial charge in [0.15, 0.2) is 11.5 Å². The summed E-state index contributed by atoms with van der Waals surface area (Å²) in [6, 6.07) is 10.3. The van der Waals surface area contributed by atoms with Crippen molar-refractivity contribution >= 4 is 17.6 Å². The highest BCUT2D eigenvalue weighted by Gasteiger charge is 2.33. The van der Waals surface area contributed by atoms with E-state index in [-0.39, 0.29) is 49.4 Å². The summed E-state index contributed by atoms with van der Waals surface area (Å²) >= 11 is 0. The number of ether oxygens (including phenoxy) is 3. The number of amides is 3. The topological polar surface area (TPSA) is 113 Å². The highest BCUT2D eigenvalue weighted by Crippen LogP contribution is 2.33. The summed E-state index contributed by atoms with van der Waals surface area (Å²) in [4.78, 5) is 29.7. The zero-order chi connectivity index (χ0) is 27.4. The summed E-state index contributed by atoms with van der Waals surface area (Å²) < 4.78 is 17.4. The number of aliphatic hydroxyl groups is 1. The largest absolute Gasteiger partial charge is 0.488 e. The Morgan fingerprint density at radius 2 is 1.87 bits per heavy atom. The molecule has 0 aromatic heterocycles. The number of rotatable bonds is 8. The molecule has 4 rings (SSSR count). The highest BCUT2D eigenvalue weighted by molar-refractivity contribution is 5.99. The van der Waals surface area contributed by atoms with E-state index in [1.165, 1.54) is 0 Å². The van der Waals surface area contributed by atoms with Gasteiger partial charge in [0.1, 0.15) is 11.9 Å². The van der Waals surface area contributed by atoms with Crippen LogP contribution in [0.15, 0.2) is 36.4 Å². The van der Waals surface area contributed by atoms with Gasteiger partial charge in [0, 0.05) is 37.3 Å². The fourth-order valence-electron chi connectivity index (χ4n) is 4.67. The smallest absolute Gasteiger partial charge is 0.319 e. The molecule has 2 aliphatic rings. The third kappa shape index (κ3) is 6.49. The van der Waals surface area contributed by atoms with Crippen LogP contribution in [-0.4, -0.2) is 78.6 Å². The molecule has 0 saturated carbocycles. The Kier molecular flexibility index (Phi) is 8.63. The number of likely N-dealkylation sites (N-methyl/N-ethyl adjacent to an activating group) is 1. The standard InChI is InChI=1S/C28H38N4O6/c1-17(2)29-28(35)30-21-7-9-23-22(11-21)27(34)32(19(4)15-33)12-18(3)26(38-23)14-31(5)13-20-6-8-24-25(10-20)37-16-36-24/h6-11,17-19,26,33H,12-16H2,1-5H3,(H2,29,30,35)/t18-,19+,26+/m1/s1. The number of hydrogen-bond donors (Lipinski definition) is 3. The van der Waals surface area contributed by atoms with Gasteiger partial charge in [0.05, 0.1) is 18.2 Å². The van der Waals surface area contributed by atoms with Gasteiger partial charge >= 0.3 is 6.03 Å². The Morgan fingerprint density at radius 1 is 1.13 bits per heavy atom. The molecule has 0 unspecified atom stereocenters. The molecular formula is C28H38N4O6. The van der Waals surface area contributed by atoms with Gasteiger partial charge in [-0.1, -0.05) is 13.0 Å². The molecule has 0 spiro atoms. The van der Waals surface area contributed by atoms with Crippen molar-refractivity contribution in [2.45, 2.75) is 52.4 Å². The molecule has 3 amide bonds. The molecule has 206 valence electrons. The molecule has 0 radical (unpaired) electrons. The van der Waals surface area contributed by atoms with E-state index in [0.717, 1.165) is 17.1 Å². The molecule has 0 bridgehead atoms. The van der Waals surface area contributed by atoms with Gasteiger partial charge in [-0.25, -0.2) is 4.79 Å². The van der Waals surface area contributed by atoms with Crippen molar-refractivity contribution in [3.8, 4) is 17.2 Å². The summed E-state index contributed by atoms with van der Waals surface area (Å²) in [5.41, 5.74) is 1.93. The Bertz CT molecular complexity index is 1160. The van der Waals surface area contributed by atoms with Crippen LogP contribution in [0.1, 0.15) is 43.6 Å². The van der Waals surface area contributed by atoms with Gasteiger partial charge < -0.3 is 34.9 Å². The van der Waals surface area contributed by atoms with Gasteiger partial charge in [-0.3, -0.25) is 9.69 Å². The first-order valence-corrected chi connectivity index (χ1v) is 13.0. The fraction of sp³-hybridized carbons (Fsp3) is 0.500. The molecule has 38 heavy (non-hydrogen) atoms. The highest BCUT2D eigenvalue weighted by atomic mass is 16.7. The number of aliphatic hydroxyl groups excluding tert-OH is 1. The lowest BCUT2D eigenvalue weighted by Gasteiger charge is -2.38. The summed E-state index contributed by atoms with van der Waals surface area (Å²) in [6.45, 7) is 9.43. The minimum absolute atomic E-state index is 0.00470. The predicted octanol–water partition coefficient (Wildman–Crippen LogP) is 3.30. The zero-order valence-electron chi connectivity index (χ0n) is 22.7. The van der Waals surface area contributed by atoms with E-state index in [1.807, 2.05) is 46.0 Å². The Morgan fingerprint density at radius 3 is 2.61 bits per heavy atom. The second-order valence-electron chi connectivity index (χ2n) is 10.5. The van der Waals surface area contributed by atoms with Crippen LogP contribution in [0.25, 0.3) is 0 Å². The second kappa shape index (κ2) is 11.9. The van der Waals surface area contributed by atoms with Crippen molar-refractivity contribution in [1.29, 1.82) is 0 Å². The summed E-state index contributed by atoms with van der Waals surface area (Å²) in [6.07, 6.45) is -0.225. The van der Waals surface area contributed by atoms with E-state index in [2.05, 4.69) is 22.5 Å². The van der Waals surface area contributed by atoms with Crippen LogP contribution < -0.4 is 24.8 Å². The average Bonchev–Trinajstić information content (AvgIpc) is 3.33. The van der Waals surface area contributed by atoms with Crippen LogP contribution in [0.3, 0.4) is 0 Å². The number of benzene rings is 2. The maximum atomic E-state index is 13.6. The Balaban J connectivity index is 1.55. The Labute approximate surface area is 223 Å². The number of carbonyl (C=O) groups excluding carboxylic acids is 2. The van der Waals surface area contributed by atoms with E-state index in [4.69, 9.17) is 14.2 Å². The summed E-state index contributed by atoms with van der Waals surface area (Å²) in [7, 11) is 2.03. The maximum absolute atomic E-state index is 13.6. The molecule has 2 heterocycles. The molecule has 0 saturated heterocycles. The van der Waals surface area contributed by atoms with E-state index < -0.39 is 0 Å². The Hall–Kier alpha value is -3.50. The van der Waals surface area contributed by atoms with E-state index in [0.29, 0.717) is 36.6 Å². The van der Waals surface area contributed by atoms with Crippen molar-refractivity contribution in [1.82, 2.24) is 15.1 Å². The number of carbonyl (C=O) groups is 2. The minimum atomic E-state index is -0.372. The van der Waals surface area contributed by atoms with Gasteiger partial charge in [0.2, 0.25) is 6.79 Å². The van der Waals surface area contributed by atoms with E-state index in [9.17, 15) is 14.7 Å². The van der Waals surface area contributed by atoms with Gasteiger partial charge in [-0.05, 0) is 63.7 Å². The first-order valence-electron chi connectivity index (χ1n) is 13.0. The molecule has 3 atom stereocenters. The lowest BCUT2D eigenvalue weighted by molar-refractivity contribution is 0.0341. The molecule has 0 fully saturated rings. The monoisotopic (exact) mass is 526 g/mol. The molecule has 2 aromatic carbocycles. The number of fused-ring (bicyclic) bond motifs is 2. The fourth-order valence-corrected chi connectivity index (χ4v) is 4.67. The molecule has 0 aliphatic carbocycles. The van der Waals surface area contributed by atoms with Crippen LogP contribution in [0.5, 0.6) is 17.2 Å². The van der Waals surface area contributed by atoms with Crippen molar-refractivity contribution in [2.75, 3.05) is 38.9 Å². The second-order valence-corrected chi connectivity index (χ2v) is 10.5. The number of nitrogens with one attached hydrogen (secondary N) is 2. The van der Waals surface area contributed by atoms with Gasteiger partial charge in [-0.15, -0.1) is 0 Å². The van der Waals surface area contributed by atoms with Gasteiger partial charge in [0.25, 0.3) is 5.91 Å². The van der Waals surface area contributed by atoms with Crippen LogP contribution in [0.4, 0.5) is 10.5 Å². The molecule has 10 nitrogen and oxygen atoms in total. The third-order valence-electron chi connectivity index (χ3n) is 6.72. The number of urea groups is 1. The van der Waals surface area contributed by atoms with Crippen molar-refractivity contribution in [2.24, 2.45) is 5.92 Å². The van der Waals surface area contributed by atoms with E-state index >= 15 is 0 Å². The molecule has 2 aliphatic heterocycles. The number of anilines is 1. The van der Waals surface area contributed by atoms with Crippen molar-refractivity contribution in [3.63, 3.8) is 0 Å².